The van der Waals surface area contributed by atoms with Crippen LogP contribution < -0.4 is 14.5 Å². The minimum Gasteiger partial charge on any atom is -0.497 e. The maximum absolute atomic E-state index is 13.3. The first-order valence-electron chi connectivity index (χ1n) is 9.33. The van der Waals surface area contributed by atoms with Crippen molar-refractivity contribution in [2.45, 2.75) is 20.3 Å². The first kappa shape index (κ1) is 19.6. The zero-order valence-electron chi connectivity index (χ0n) is 16.6. The lowest BCUT2D eigenvalue weighted by Crippen LogP contribution is -2.51. The number of methoxy groups -OCH3 is 1. The molecule has 1 aliphatic heterocycles. The van der Waals surface area contributed by atoms with Crippen LogP contribution in [0.3, 0.4) is 0 Å². The Morgan fingerprint density at radius 1 is 1.14 bits per heavy atom. The summed E-state index contributed by atoms with van der Waals surface area (Å²) in [4.78, 5) is 42.4. The minimum absolute atomic E-state index is 0.328. The van der Waals surface area contributed by atoms with Gasteiger partial charge in [0.25, 0.3) is 0 Å². The number of carbonyl (C=O) groups excluding carboxylic acids is 3. The van der Waals surface area contributed by atoms with Gasteiger partial charge in [0.05, 0.1) is 12.8 Å². The van der Waals surface area contributed by atoms with E-state index in [1.165, 1.54) is 9.80 Å². The van der Waals surface area contributed by atoms with Gasteiger partial charge in [-0.15, -0.1) is 0 Å². The lowest BCUT2D eigenvalue weighted by Gasteiger charge is -2.33. The molecule has 2 aromatic carbocycles. The van der Waals surface area contributed by atoms with Crippen LogP contribution >= 0.6 is 0 Å². The van der Waals surface area contributed by atoms with Crippen molar-refractivity contribution in [3.8, 4) is 5.75 Å². The fourth-order valence-electron chi connectivity index (χ4n) is 3.63. The summed E-state index contributed by atoms with van der Waals surface area (Å²) < 4.78 is 5.23. The Hall–Kier alpha value is -3.15. The van der Waals surface area contributed by atoms with Gasteiger partial charge >= 0.3 is 0 Å². The van der Waals surface area contributed by atoms with Crippen LogP contribution in [-0.2, 0) is 16.0 Å². The molecule has 1 heterocycles. The summed E-state index contributed by atoms with van der Waals surface area (Å²) in [5.41, 5.74) is 2.45. The van der Waals surface area contributed by atoms with Gasteiger partial charge in [-0.05, 0) is 37.1 Å². The van der Waals surface area contributed by atoms with Crippen molar-refractivity contribution in [1.29, 1.82) is 0 Å². The first-order chi connectivity index (χ1) is 13.4. The van der Waals surface area contributed by atoms with Crippen LogP contribution in [0.4, 0.5) is 11.4 Å². The molecule has 1 atom stereocenters. The third-order valence-corrected chi connectivity index (χ3v) is 5.15. The second-order valence-corrected chi connectivity index (χ2v) is 6.64. The van der Waals surface area contributed by atoms with E-state index in [0.717, 1.165) is 5.56 Å². The Morgan fingerprint density at radius 3 is 2.50 bits per heavy atom. The Morgan fingerprint density at radius 2 is 1.86 bits per heavy atom. The van der Waals surface area contributed by atoms with Crippen LogP contribution in [0, 0.1) is 5.92 Å². The van der Waals surface area contributed by atoms with E-state index < -0.39 is 23.5 Å². The molecule has 0 spiro atoms. The first-order valence-corrected chi connectivity index (χ1v) is 9.33. The summed E-state index contributed by atoms with van der Waals surface area (Å²) in [6.07, 6.45) is 0.644. The summed E-state index contributed by atoms with van der Waals surface area (Å²) in [5.74, 6) is -2.23. The van der Waals surface area contributed by atoms with E-state index in [1.807, 2.05) is 26.0 Å². The molecule has 0 bridgehead atoms. The number of ketones is 1. The molecule has 0 saturated heterocycles. The number of ether oxygens (including phenoxy) is 1. The number of nitrogens with zero attached hydrogens (tertiary/aromatic N) is 2. The molecule has 0 aliphatic carbocycles. The van der Waals surface area contributed by atoms with Crippen molar-refractivity contribution in [2.75, 3.05) is 30.5 Å². The highest BCUT2D eigenvalue weighted by Crippen LogP contribution is 2.34. The van der Waals surface area contributed by atoms with Crippen molar-refractivity contribution in [3.05, 3.63) is 53.6 Å². The van der Waals surface area contributed by atoms with Gasteiger partial charge in [-0.25, -0.2) is 0 Å². The fourth-order valence-corrected chi connectivity index (χ4v) is 3.63. The predicted octanol–water partition coefficient (Wildman–Crippen LogP) is 3.09. The van der Waals surface area contributed by atoms with E-state index in [0.29, 0.717) is 35.7 Å². The highest BCUT2D eigenvalue weighted by atomic mass is 16.5. The average molecular weight is 380 g/mol. The van der Waals surface area contributed by atoms with Crippen LogP contribution in [0.15, 0.2) is 42.5 Å². The molecular weight excluding hydrogens is 356 g/mol. The van der Waals surface area contributed by atoms with Crippen LogP contribution in [-0.4, -0.2) is 38.3 Å². The van der Waals surface area contributed by atoms with Gasteiger partial charge in [0.15, 0.2) is 11.7 Å². The molecule has 2 amide bonds. The van der Waals surface area contributed by atoms with Gasteiger partial charge in [0, 0.05) is 30.9 Å². The van der Waals surface area contributed by atoms with E-state index in [-0.39, 0.29) is 0 Å². The topological polar surface area (TPSA) is 66.9 Å². The predicted molar refractivity (Wildman–Crippen MR) is 108 cm³/mol. The molecular formula is C22H24N2O4. The SMILES string of the molecule is CCc1cccc2c1C(=O)C(C(=O)N(CC)c1cccc(OC)c1)C(=O)N2C. The molecule has 28 heavy (non-hydrogen) atoms. The number of rotatable bonds is 5. The summed E-state index contributed by atoms with van der Waals surface area (Å²) in [5, 5.41) is 0. The van der Waals surface area contributed by atoms with Crippen molar-refractivity contribution in [3.63, 3.8) is 0 Å². The summed E-state index contributed by atoms with van der Waals surface area (Å²) >= 11 is 0. The molecule has 3 rings (SSSR count). The molecule has 146 valence electrons. The number of carbonyl (C=O) groups is 3. The molecule has 1 unspecified atom stereocenters. The highest BCUT2D eigenvalue weighted by Gasteiger charge is 2.45. The maximum Gasteiger partial charge on any atom is 0.247 e. The Kier molecular flexibility index (Phi) is 5.49. The van der Waals surface area contributed by atoms with Crippen LogP contribution in [0.5, 0.6) is 5.75 Å². The highest BCUT2D eigenvalue weighted by molar-refractivity contribution is 6.33. The zero-order valence-corrected chi connectivity index (χ0v) is 16.6. The smallest absolute Gasteiger partial charge is 0.247 e. The summed E-state index contributed by atoms with van der Waals surface area (Å²) in [6.45, 7) is 4.09. The molecule has 6 heteroatoms. The van der Waals surface area contributed by atoms with E-state index in [1.54, 1.807) is 44.5 Å². The molecule has 0 aromatic heterocycles. The van der Waals surface area contributed by atoms with Gasteiger partial charge in [-0.2, -0.15) is 0 Å². The number of amides is 2. The standard InChI is InChI=1S/C22H24N2O4/c1-5-14-9-7-12-17-18(14)20(25)19(21(26)23(17)3)22(27)24(6-2)15-10-8-11-16(13-15)28-4/h7-13,19H,5-6H2,1-4H3. The van der Waals surface area contributed by atoms with Crippen molar-refractivity contribution < 1.29 is 19.1 Å². The largest absolute Gasteiger partial charge is 0.497 e. The van der Waals surface area contributed by atoms with Crippen LogP contribution in [0.1, 0.15) is 29.8 Å². The van der Waals surface area contributed by atoms with E-state index in [9.17, 15) is 14.4 Å². The molecule has 0 radical (unpaired) electrons. The zero-order chi connectivity index (χ0) is 20.4. The number of Topliss-reactive ketones (excluding diaryl/α,β-unsaturated/α-hetero) is 1. The maximum atomic E-state index is 13.3. The van der Waals surface area contributed by atoms with Gasteiger partial charge in [0.2, 0.25) is 11.8 Å². The summed E-state index contributed by atoms with van der Waals surface area (Å²) in [7, 11) is 3.15. The van der Waals surface area contributed by atoms with Gasteiger partial charge in [0.1, 0.15) is 5.75 Å². The second kappa shape index (κ2) is 7.84. The quantitative estimate of drug-likeness (QED) is 0.748. The van der Waals surface area contributed by atoms with Gasteiger partial charge in [-0.1, -0.05) is 25.1 Å². The Bertz CT molecular complexity index is 938. The van der Waals surface area contributed by atoms with Crippen molar-refractivity contribution in [1.82, 2.24) is 0 Å². The second-order valence-electron chi connectivity index (χ2n) is 6.64. The molecule has 2 aromatic rings. The molecule has 6 nitrogen and oxygen atoms in total. The number of aryl methyl sites for hydroxylation is 1. The molecule has 0 N–H and O–H groups in total. The third-order valence-electron chi connectivity index (χ3n) is 5.15. The van der Waals surface area contributed by atoms with Crippen LogP contribution in [0.25, 0.3) is 0 Å². The molecule has 0 saturated carbocycles. The van der Waals surface area contributed by atoms with E-state index >= 15 is 0 Å². The Labute approximate surface area is 164 Å². The number of benzene rings is 2. The number of anilines is 2. The normalized spacial score (nSPS) is 16.0. The molecule has 0 fully saturated rings. The monoisotopic (exact) mass is 380 g/mol. The average Bonchev–Trinajstić information content (AvgIpc) is 2.72. The van der Waals surface area contributed by atoms with Crippen molar-refractivity contribution in [2.24, 2.45) is 5.92 Å². The van der Waals surface area contributed by atoms with Crippen LogP contribution in [0.2, 0.25) is 0 Å². The molecule has 1 aliphatic rings. The van der Waals surface area contributed by atoms with Gasteiger partial charge < -0.3 is 14.5 Å². The minimum atomic E-state index is -1.38. The van der Waals surface area contributed by atoms with Gasteiger partial charge in [-0.3, -0.25) is 14.4 Å². The summed E-state index contributed by atoms with van der Waals surface area (Å²) in [6, 6.07) is 12.4. The fraction of sp³-hybridized carbons (Fsp3) is 0.318. The lowest BCUT2D eigenvalue weighted by atomic mass is 9.86. The van der Waals surface area contributed by atoms with Crippen molar-refractivity contribution >= 4 is 29.0 Å². The Balaban J connectivity index is 2.05. The number of fused-ring (bicyclic) bond motifs is 1. The third kappa shape index (κ3) is 3.15. The lowest BCUT2D eigenvalue weighted by molar-refractivity contribution is -0.130. The number of hydrogen-bond donors (Lipinski definition) is 0. The van der Waals surface area contributed by atoms with E-state index in [2.05, 4.69) is 0 Å². The van der Waals surface area contributed by atoms with E-state index in [4.69, 9.17) is 4.74 Å². The number of hydrogen-bond acceptors (Lipinski definition) is 4.